The Morgan fingerprint density at radius 1 is 1.17 bits per heavy atom. The van der Waals surface area contributed by atoms with E-state index >= 15 is 0 Å². The lowest BCUT2D eigenvalue weighted by atomic mass is 9.98. The molecule has 2 aromatic carbocycles. The number of ether oxygens (including phenoxy) is 1. The Balaban J connectivity index is 1.72. The lowest BCUT2D eigenvalue weighted by molar-refractivity contribution is 0.0787. The van der Waals surface area contributed by atoms with Gasteiger partial charge in [-0.2, -0.15) is 0 Å². The zero-order valence-corrected chi connectivity index (χ0v) is 14.3. The third-order valence-corrected chi connectivity index (χ3v) is 5.20. The van der Waals surface area contributed by atoms with E-state index in [1.807, 2.05) is 47.6 Å². The molecule has 0 N–H and O–H groups in total. The summed E-state index contributed by atoms with van der Waals surface area (Å²) in [6.45, 7) is 1.60. The summed E-state index contributed by atoms with van der Waals surface area (Å²) in [6.07, 6.45) is 3.02. The zero-order valence-electron chi connectivity index (χ0n) is 13.5. The molecule has 0 saturated carbocycles. The number of thioether (sulfide) groups is 1. The molecule has 23 heavy (non-hydrogen) atoms. The topological polar surface area (TPSA) is 29.5 Å². The van der Waals surface area contributed by atoms with E-state index in [4.69, 9.17) is 4.74 Å². The second-order valence-electron chi connectivity index (χ2n) is 5.71. The monoisotopic (exact) mass is 327 g/mol. The molecule has 0 aliphatic carbocycles. The van der Waals surface area contributed by atoms with Crippen molar-refractivity contribution < 1.29 is 9.53 Å². The van der Waals surface area contributed by atoms with Crippen molar-refractivity contribution in [3.05, 3.63) is 59.7 Å². The number of methoxy groups -OCH3 is 1. The van der Waals surface area contributed by atoms with Crippen LogP contribution in [0.15, 0.2) is 53.4 Å². The van der Waals surface area contributed by atoms with Crippen molar-refractivity contribution in [1.29, 1.82) is 0 Å². The van der Waals surface area contributed by atoms with Crippen molar-refractivity contribution in [3.63, 3.8) is 0 Å². The molecule has 4 heteroatoms. The normalized spacial score (nSPS) is 17.3. The van der Waals surface area contributed by atoms with Gasteiger partial charge in [-0.25, -0.2) is 0 Å². The van der Waals surface area contributed by atoms with Gasteiger partial charge in [0, 0.05) is 23.9 Å². The van der Waals surface area contributed by atoms with Gasteiger partial charge in [0.25, 0.3) is 5.91 Å². The van der Waals surface area contributed by atoms with Gasteiger partial charge in [-0.05, 0) is 42.5 Å². The second-order valence-corrected chi connectivity index (χ2v) is 6.56. The van der Waals surface area contributed by atoms with Gasteiger partial charge in [-0.15, -0.1) is 11.8 Å². The molecule has 1 atom stereocenters. The molecule has 1 aliphatic heterocycles. The molecule has 1 aliphatic rings. The summed E-state index contributed by atoms with van der Waals surface area (Å²) in [7, 11) is 1.67. The quantitative estimate of drug-likeness (QED) is 0.794. The molecule has 120 valence electrons. The zero-order chi connectivity index (χ0) is 16.2. The van der Waals surface area contributed by atoms with Gasteiger partial charge < -0.3 is 9.64 Å². The number of likely N-dealkylation sites (tertiary alicyclic amines) is 1. The first kappa shape index (κ1) is 15.9. The van der Waals surface area contributed by atoms with Gasteiger partial charge in [0.2, 0.25) is 0 Å². The van der Waals surface area contributed by atoms with Crippen LogP contribution in [0.25, 0.3) is 0 Å². The summed E-state index contributed by atoms with van der Waals surface area (Å²) < 4.78 is 5.21. The number of rotatable bonds is 4. The highest BCUT2D eigenvalue weighted by atomic mass is 32.2. The molecule has 1 unspecified atom stereocenters. The Morgan fingerprint density at radius 2 is 1.91 bits per heavy atom. The molecule has 3 rings (SSSR count). The number of carbonyl (C=O) groups is 1. The third kappa shape index (κ3) is 3.37. The van der Waals surface area contributed by atoms with Gasteiger partial charge in [0.1, 0.15) is 5.75 Å². The summed E-state index contributed by atoms with van der Waals surface area (Å²) in [6, 6.07) is 16.0. The predicted octanol–water partition coefficient (Wildman–Crippen LogP) is 4.05. The minimum absolute atomic E-state index is 0.144. The smallest absolute Gasteiger partial charge is 0.255 e. The average molecular weight is 327 g/mol. The van der Waals surface area contributed by atoms with Gasteiger partial charge in [-0.1, -0.05) is 24.3 Å². The van der Waals surface area contributed by atoms with Crippen LogP contribution in [0.5, 0.6) is 5.75 Å². The number of hydrogen-bond acceptors (Lipinski definition) is 3. The molecule has 2 aromatic rings. The number of nitrogens with zero attached hydrogens (tertiary/aromatic N) is 1. The van der Waals surface area contributed by atoms with Crippen molar-refractivity contribution >= 4 is 17.7 Å². The van der Waals surface area contributed by atoms with E-state index in [0.717, 1.165) is 35.7 Å². The number of benzene rings is 2. The summed E-state index contributed by atoms with van der Waals surface area (Å²) in [5, 5.41) is 0. The summed E-state index contributed by atoms with van der Waals surface area (Å²) in [4.78, 5) is 15.8. The maximum atomic E-state index is 12.8. The van der Waals surface area contributed by atoms with Crippen LogP contribution in [0.4, 0.5) is 0 Å². The maximum absolute atomic E-state index is 12.8. The Morgan fingerprint density at radius 3 is 2.61 bits per heavy atom. The van der Waals surface area contributed by atoms with Crippen molar-refractivity contribution in [2.75, 3.05) is 26.5 Å². The van der Waals surface area contributed by atoms with Crippen LogP contribution in [-0.4, -0.2) is 37.3 Å². The summed E-state index contributed by atoms with van der Waals surface area (Å²) in [5.41, 5.74) is 2.09. The van der Waals surface area contributed by atoms with Gasteiger partial charge in [0.15, 0.2) is 0 Å². The Bertz CT molecular complexity index is 684. The number of carbonyl (C=O) groups excluding carboxylic acids is 1. The van der Waals surface area contributed by atoms with E-state index in [0.29, 0.717) is 5.92 Å². The highest BCUT2D eigenvalue weighted by molar-refractivity contribution is 7.98. The molecule has 3 nitrogen and oxygen atoms in total. The van der Waals surface area contributed by atoms with Gasteiger partial charge in [0.05, 0.1) is 12.7 Å². The van der Waals surface area contributed by atoms with Crippen molar-refractivity contribution in [2.45, 2.75) is 17.2 Å². The first-order chi connectivity index (χ1) is 11.2. The highest BCUT2D eigenvalue weighted by Crippen LogP contribution is 2.30. The molecular weight excluding hydrogens is 306 g/mol. The largest absolute Gasteiger partial charge is 0.497 e. The fourth-order valence-corrected chi connectivity index (χ4v) is 3.67. The molecule has 1 heterocycles. The standard InChI is InChI=1S/C19H21NO2S/c1-22-16-9-7-14(8-10-16)15-11-12-20(13-15)19(21)17-5-3-4-6-18(17)23-2/h3-10,15H,11-13H2,1-2H3. The van der Waals surface area contributed by atoms with E-state index in [-0.39, 0.29) is 5.91 Å². The molecule has 0 bridgehead atoms. The lowest BCUT2D eigenvalue weighted by Gasteiger charge is -2.18. The summed E-state index contributed by atoms with van der Waals surface area (Å²) >= 11 is 1.62. The molecule has 0 aromatic heterocycles. The maximum Gasteiger partial charge on any atom is 0.255 e. The molecule has 1 saturated heterocycles. The van der Waals surface area contributed by atoms with Crippen LogP contribution in [0.3, 0.4) is 0 Å². The molecular formula is C19H21NO2S. The van der Waals surface area contributed by atoms with Crippen LogP contribution in [0.2, 0.25) is 0 Å². The third-order valence-electron chi connectivity index (χ3n) is 4.40. The van der Waals surface area contributed by atoms with Gasteiger partial charge in [-0.3, -0.25) is 4.79 Å². The first-order valence-electron chi connectivity index (χ1n) is 7.79. The van der Waals surface area contributed by atoms with Crippen LogP contribution in [0, 0.1) is 0 Å². The SMILES string of the molecule is COc1ccc(C2CCN(C(=O)c3ccccc3SC)C2)cc1. The van der Waals surface area contributed by atoms with E-state index in [2.05, 4.69) is 12.1 Å². The Labute approximate surface area is 141 Å². The van der Waals surface area contributed by atoms with Crippen molar-refractivity contribution in [2.24, 2.45) is 0 Å². The fraction of sp³-hybridized carbons (Fsp3) is 0.316. The van der Waals surface area contributed by atoms with Crippen LogP contribution < -0.4 is 4.74 Å². The molecule has 1 fully saturated rings. The Kier molecular flexibility index (Phi) is 4.91. The number of hydrogen-bond donors (Lipinski definition) is 0. The van der Waals surface area contributed by atoms with E-state index in [1.165, 1.54) is 5.56 Å². The Hall–Kier alpha value is -1.94. The second kappa shape index (κ2) is 7.09. The van der Waals surface area contributed by atoms with Crippen LogP contribution >= 0.6 is 11.8 Å². The fourth-order valence-electron chi connectivity index (χ4n) is 3.08. The highest BCUT2D eigenvalue weighted by Gasteiger charge is 2.28. The van der Waals surface area contributed by atoms with Crippen LogP contribution in [-0.2, 0) is 0 Å². The van der Waals surface area contributed by atoms with Crippen LogP contribution in [0.1, 0.15) is 28.3 Å². The van der Waals surface area contributed by atoms with Crippen molar-refractivity contribution in [3.8, 4) is 5.75 Å². The number of amides is 1. The van der Waals surface area contributed by atoms with Crippen molar-refractivity contribution in [1.82, 2.24) is 4.90 Å². The van der Waals surface area contributed by atoms with E-state index in [1.54, 1.807) is 18.9 Å². The summed E-state index contributed by atoms with van der Waals surface area (Å²) in [5.74, 6) is 1.42. The van der Waals surface area contributed by atoms with Gasteiger partial charge >= 0.3 is 0 Å². The average Bonchev–Trinajstić information content (AvgIpc) is 3.11. The first-order valence-corrected chi connectivity index (χ1v) is 9.01. The minimum atomic E-state index is 0.144. The molecule has 0 radical (unpaired) electrons. The molecule has 1 amide bonds. The van der Waals surface area contributed by atoms with E-state index < -0.39 is 0 Å². The predicted molar refractivity (Wildman–Crippen MR) is 94.5 cm³/mol. The van der Waals surface area contributed by atoms with E-state index in [9.17, 15) is 4.79 Å². The minimum Gasteiger partial charge on any atom is -0.497 e. The lowest BCUT2D eigenvalue weighted by Crippen LogP contribution is -2.28. The molecule has 0 spiro atoms.